The third-order valence-electron chi connectivity index (χ3n) is 4.23. The second-order valence-electron chi connectivity index (χ2n) is 5.81. The second kappa shape index (κ2) is 6.58. The lowest BCUT2D eigenvalue weighted by atomic mass is 10.2. The third kappa shape index (κ3) is 2.58. The first-order valence-corrected chi connectivity index (χ1v) is 8.32. The molecular formula is C18H13N5O5. The van der Waals surface area contributed by atoms with Gasteiger partial charge in [-0.25, -0.2) is 14.3 Å². The Bertz CT molecular complexity index is 1310. The maximum absolute atomic E-state index is 13.0. The fourth-order valence-electron chi connectivity index (χ4n) is 2.98. The highest BCUT2D eigenvalue weighted by atomic mass is 16.6. The van der Waals surface area contributed by atoms with E-state index in [0.29, 0.717) is 5.52 Å². The van der Waals surface area contributed by atoms with Crippen LogP contribution in [0.4, 0.5) is 5.69 Å². The van der Waals surface area contributed by atoms with E-state index in [1.807, 2.05) is 0 Å². The standard InChI is InChI=1S/C18H13N5O5/c1-2-28-18(25)12-10-20-22-13-7-8-21(17(24)11(13)9-19-16(12)22)14-5-3-4-6-15(14)23(26)27/h3-10H,2H2,1H3. The number of aromatic nitrogens is 4. The topological polar surface area (TPSA) is 122 Å². The molecule has 1 aromatic carbocycles. The first-order valence-electron chi connectivity index (χ1n) is 8.32. The van der Waals surface area contributed by atoms with Crippen molar-refractivity contribution < 1.29 is 14.5 Å². The van der Waals surface area contributed by atoms with Crippen molar-refractivity contribution in [2.75, 3.05) is 6.61 Å². The van der Waals surface area contributed by atoms with E-state index in [1.165, 1.54) is 45.9 Å². The molecule has 0 fully saturated rings. The van der Waals surface area contributed by atoms with Gasteiger partial charge in [-0.2, -0.15) is 5.10 Å². The molecule has 0 spiro atoms. The smallest absolute Gasteiger partial charge is 0.343 e. The number of rotatable bonds is 4. The predicted octanol–water partition coefficient (Wildman–Crippen LogP) is 2.12. The highest BCUT2D eigenvalue weighted by Crippen LogP contribution is 2.22. The van der Waals surface area contributed by atoms with E-state index in [2.05, 4.69) is 10.1 Å². The molecule has 0 radical (unpaired) electrons. The minimum Gasteiger partial charge on any atom is -0.462 e. The van der Waals surface area contributed by atoms with E-state index in [9.17, 15) is 19.7 Å². The minimum absolute atomic E-state index is 0.146. The molecule has 0 saturated heterocycles. The third-order valence-corrected chi connectivity index (χ3v) is 4.23. The maximum atomic E-state index is 13.0. The highest BCUT2D eigenvalue weighted by molar-refractivity contribution is 5.97. The Labute approximate surface area is 156 Å². The Balaban J connectivity index is 1.95. The van der Waals surface area contributed by atoms with Gasteiger partial charge in [0.15, 0.2) is 5.65 Å². The Morgan fingerprint density at radius 1 is 1.25 bits per heavy atom. The zero-order valence-corrected chi connectivity index (χ0v) is 14.6. The van der Waals surface area contributed by atoms with Crippen molar-refractivity contribution in [3.63, 3.8) is 0 Å². The van der Waals surface area contributed by atoms with Crippen LogP contribution in [0.1, 0.15) is 17.3 Å². The van der Waals surface area contributed by atoms with Crippen molar-refractivity contribution in [3.8, 4) is 5.69 Å². The van der Waals surface area contributed by atoms with Crippen LogP contribution in [0.5, 0.6) is 0 Å². The van der Waals surface area contributed by atoms with Gasteiger partial charge in [-0.05, 0) is 19.1 Å². The lowest BCUT2D eigenvalue weighted by Crippen LogP contribution is -2.19. The van der Waals surface area contributed by atoms with Gasteiger partial charge >= 0.3 is 5.97 Å². The number of para-hydroxylation sites is 2. The summed E-state index contributed by atoms with van der Waals surface area (Å²) in [6, 6.07) is 7.54. The van der Waals surface area contributed by atoms with Crippen molar-refractivity contribution in [1.29, 1.82) is 0 Å². The Morgan fingerprint density at radius 3 is 2.79 bits per heavy atom. The summed E-state index contributed by atoms with van der Waals surface area (Å²) in [5.74, 6) is -0.558. The molecule has 3 aromatic heterocycles. The van der Waals surface area contributed by atoms with Gasteiger partial charge in [0, 0.05) is 18.5 Å². The van der Waals surface area contributed by atoms with Gasteiger partial charge in [-0.3, -0.25) is 19.5 Å². The zero-order valence-electron chi connectivity index (χ0n) is 14.6. The van der Waals surface area contributed by atoms with Crippen LogP contribution in [0, 0.1) is 10.1 Å². The van der Waals surface area contributed by atoms with Gasteiger partial charge in [0.05, 0.1) is 28.6 Å². The van der Waals surface area contributed by atoms with E-state index >= 15 is 0 Å². The first-order chi connectivity index (χ1) is 13.5. The van der Waals surface area contributed by atoms with E-state index in [0.717, 1.165) is 0 Å². The van der Waals surface area contributed by atoms with Crippen molar-refractivity contribution in [2.24, 2.45) is 0 Å². The molecular weight excluding hydrogens is 366 g/mol. The molecule has 140 valence electrons. The summed E-state index contributed by atoms with van der Waals surface area (Å²) in [5, 5.41) is 15.6. The lowest BCUT2D eigenvalue weighted by Gasteiger charge is -2.08. The molecule has 10 heteroatoms. The minimum atomic E-state index is -0.558. The van der Waals surface area contributed by atoms with E-state index in [4.69, 9.17) is 4.74 Å². The van der Waals surface area contributed by atoms with Crippen LogP contribution in [-0.2, 0) is 4.74 Å². The number of nitro groups is 1. The summed E-state index contributed by atoms with van der Waals surface area (Å²) >= 11 is 0. The molecule has 3 heterocycles. The average molecular weight is 379 g/mol. The Morgan fingerprint density at radius 2 is 2.04 bits per heavy atom. The molecule has 0 aliphatic heterocycles. The number of pyridine rings is 1. The molecule has 0 atom stereocenters. The summed E-state index contributed by atoms with van der Waals surface area (Å²) in [6.45, 7) is 1.90. The number of carbonyl (C=O) groups excluding carboxylic acids is 1. The summed E-state index contributed by atoms with van der Waals surface area (Å²) in [7, 11) is 0. The van der Waals surface area contributed by atoms with E-state index < -0.39 is 16.5 Å². The second-order valence-corrected chi connectivity index (χ2v) is 5.81. The summed E-state index contributed by atoms with van der Waals surface area (Å²) in [5.41, 5.74) is 0.323. The molecule has 0 amide bonds. The van der Waals surface area contributed by atoms with Gasteiger partial charge < -0.3 is 4.74 Å². The van der Waals surface area contributed by atoms with Crippen LogP contribution in [-0.4, -0.2) is 36.7 Å². The Hall–Kier alpha value is -4.08. The SMILES string of the molecule is CCOC(=O)c1cnn2c1ncc1c(=O)n(-c3ccccc3[N+](=O)[O-])ccc12. The number of nitrogens with zero attached hydrogens (tertiary/aromatic N) is 5. The maximum Gasteiger partial charge on any atom is 0.343 e. The molecule has 0 N–H and O–H groups in total. The molecule has 0 saturated carbocycles. The van der Waals surface area contributed by atoms with Gasteiger partial charge in [-0.1, -0.05) is 12.1 Å². The largest absolute Gasteiger partial charge is 0.462 e. The van der Waals surface area contributed by atoms with Crippen molar-refractivity contribution in [1.82, 2.24) is 19.2 Å². The van der Waals surface area contributed by atoms with Crippen LogP contribution in [0.3, 0.4) is 0 Å². The molecule has 0 bridgehead atoms. The molecule has 0 aliphatic rings. The van der Waals surface area contributed by atoms with Crippen LogP contribution < -0.4 is 5.56 Å². The van der Waals surface area contributed by atoms with E-state index in [1.54, 1.807) is 19.1 Å². The van der Waals surface area contributed by atoms with Crippen LogP contribution >= 0.6 is 0 Å². The summed E-state index contributed by atoms with van der Waals surface area (Å²) in [4.78, 5) is 39.9. The van der Waals surface area contributed by atoms with Gasteiger partial charge in [-0.15, -0.1) is 0 Å². The molecule has 4 aromatic rings. The van der Waals surface area contributed by atoms with E-state index in [-0.39, 0.29) is 34.6 Å². The fraction of sp³-hybridized carbons (Fsp3) is 0.111. The Kier molecular flexibility index (Phi) is 4.07. The van der Waals surface area contributed by atoms with Crippen molar-refractivity contribution in [2.45, 2.75) is 6.92 Å². The molecule has 0 aliphatic carbocycles. The van der Waals surface area contributed by atoms with Gasteiger partial charge in [0.1, 0.15) is 11.3 Å². The zero-order chi connectivity index (χ0) is 19.8. The van der Waals surface area contributed by atoms with Crippen LogP contribution in [0.2, 0.25) is 0 Å². The summed E-state index contributed by atoms with van der Waals surface area (Å²) in [6.07, 6.45) is 4.08. The van der Waals surface area contributed by atoms with Gasteiger partial charge in [0.25, 0.3) is 11.2 Å². The first kappa shape index (κ1) is 17.3. The number of carbonyl (C=O) groups is 1. The van der Waals surface area contributed by atoms with Crippen LogP contribution in [0.15, 0.2) is 53.7 Å². The molecule has 10 nitrogen and oxygen atoms in total. The van der Waals surface area contributed by atoms with Crippen LogP contribution in [0.25, 0.3) is 22.2 Å². The van der Waals surface area contributed by atoms with Crippen molar-refractivity contribution >= 4 is 28.2 Å². The normalized spacial score (nSPS) is 11.0. The highest BCUT2D eigenvalue weighted by Gasteiger charge is 2.19. The lowest BCUT2D eigenvalue weighted by molar-refractivity contribution is -0.384. The number of hydrogen-bond acceptors (Lipinski definition) is 7. The quantitative estimate of drug-likeness (QED) is 0.302. The molecule has 4 rings (SSSR count). The molecule has 28 heavy (non-hydrogen) atoms. The number of benzene rings is 1. The summed E-state index contributed by atoms with van der Waals surface area (Å²) < 4.78 is 7.53. The average Bonchev–Trinajstić information content (AvgIpc) is 3.13. The molecule has 0 unspecified atom stereocenters. The number of fused-ring (bicyclic) bond motifs is 3. The van der Waals surface area contributed by atoms with Gasteiger partial charge in [0.2, 0.25) is 0 Å². The fourth-order valence-corrected chi connectivity index (χ4v) is 2.98. The predicted molar refractivity (Wildman–Crippen MR) is 98.7 cm³/mol. The number of ether oxygens (including phenoxy) is 1. The van der Waals surface area contributed by atoms with Crippen molar-refractivity contribution in [3.05, 3.63) is 75.0 Å². The number of nitro benzene ring substituents is 1. The number of hydrogen-bond donors (Lipinski definition) is 0. The monoisotopic (exact) mass is 379 g/mol. The number of esters is 1.